The number of rotatable bonds is 3. The van der Waals surface area contributed by atoms with E-state index in [9.17, 15) is 0 Å². The zero-order chi connectivity index (χ0) is 9.28. The van der Waals surface area contributed by atoms with E-state index < -0.39 is 25.7 Å². The van der Waals surface area contributed by atoms with Gasteiger partial charge in [-0.05, 0) is 0 Å². The second kappa shape index (κ2) is 9.49. The van der Waals surface area contributed by atoms with Gasteiger partial charge in [0.1, 0.15) is 0 Å². The summed E-state index contributed by atoms with van der Waals surface area (Å²) in [4.78, 5) is 9.00. The Hall–Kier alpha value is -0.511. The number of carbonyl (C=O) groups is 1. The van der Waals surface area contributed by atoms with Crippen molar-refractivity contribution < 1.29 is 9.90 Å². The van der Waals surface area contributed by atoms with Crippen LogP contribution in [0.15, 0.2) is 32.0 Å². The minimum absolute atomic E-state index is 0.833. The van der Waals surface area contributed by atoms with Crippen LogP contribution in [0.3, 0.4) is 0 Å². The summed E-state index contributed by atoms with van der Waals surface area (Å²) in [6.07, 6.45) is 0. The Bertz CT molecular complexity index is 129. The summed E-state index contributed by atoms with van der Waals surface area (Å²) in [7, 11) is 0. The van der Waals surface area contributed by atoms with Crippen LogP contribution < -0.4 is 0 Å². The molecule has 0 saturated heterocycles. The normalized spacial score (nSPS) is 7.45. The first kappa shape index (κ1) is 13.1. The Kier molecular flexibility index (Phi) is 11.3. The number of carboxylic acid groups (broad SMARTS) is 1. The van der Waals surface area contributed by atoms with E-state index in [0.717, 1.165) is 6.92 Å². The van der Waals surface area contributed by atoms with Crippen molar-refractivity contribution in [3.05, 3.63) is 32.0 Å². The molecule has 0 spiro atoms. The quantitative estimate of drug-likeness (QED) is 0.785. The SMILES string of the molecule is C=[CH][Sn]([CH]=C)[CH]=C.CC(=O)O. The molecule has 0 amide bonds. The minimum Gasteiger partial charge on any atom is -0.481 e. The van der Waals surface area contributed by atoms with Gasteiger partial charge in [0.25, 0.3) is 5.97 Å². The molecule has 0 atom stereocenters. The van der Waals surface area contributed by atoms with Crippen molar-refractivity contribution in [1.29, 1.82) is 0 Å². The average molecular weight is 260 g/mol. The molecule has 0 aromatic carbocycles. The van der Waals surface area contributed by atoms with Gasteiger partial charge < -0.3 is 5.11 Å². The van der Waals surface area contributed by atoms with Crippen molar-refractivity contribution in [2.75, 3.05) is 0 Å². The Morgan fingerprint density at radius 1 is 1.27 bits per heavy atom. The van der Waals surface area contributed by atoms with E-state index in [-0.39, 0.29) is 0 Å². The van der Waals surface area contributed by atoms with Crippen molar-refractivity contribution in [2.24, 2.45) is 0 Å². The van der Waals surface area contributed by atoms with Gasteiger partial charge in [-0.15, -0.1) is 0 Å². The molecule has 0 heterocycles. The van der Waals surface area contributed by atoms with Gasteiger partial charge in [-0.2, -0.15) is 0 Å². The molecule has 0 saturated carbocycles. The smallest absolute Gasteiger partial charge is 0.300 e. The Morgan fingerprint density at radius 2 is 1.45 bits per heavy atom. The van der Waals surface area contributed by atoms with Crippen molar-refractivity contribution in [3.63, 3.8) is 0 Å². The standard InChI is InChI=1S/C2H4O2.3C2H3.Sn/c1-2(3)4;3*1-2;/h1H3,(H,3,4);3*1H,2H2;. The van der Waals surface area contributed by atoms with Crippen LogP contribution in [0, 0.1) is 0 Å². The predicted octanol–water partition coefficient (Wildman–Crippen LogP) is 1.75. The van der Waals surface area contributed by atoms with Crippen LogP contribution in [0.5, 0.6) is 0 Å². The maximum atomic E-state index is 9.00. The maximum Gasteiger partial charge on any atom is 0.300 e. The Labute approximate surface area is 74.7 Å². The number of aliphatic carboxylic acids is 1. The molecule has 0 aliphatic rings. The van der Waals surface area contributed by atoms with E-state index in [1.807, 2.05) is 12.3 Å². The second-order valence-corrected chi connectivity index (χ2v) is 7.98. The molecule has 11 heavy (non-hydrogen) atoms. The molecule has 0 aromatic rings. The fourth-order valence-corrected chi connectivity index (χ4v) is 1.68. The molecule has 0 fully saturated rings. The molecular formula is C8H13O2Sn. The molecule has 0 unspecified atom stereocenters. The molecule has 2 nitrogen and oxygen atoms in total. The monoisotopic (exact) mass is 261 g/mol. The van der Waals surface area contributed by atoms with Gasteiger partial charge >= 0.3 is 51.8 Å². The second-order valence-electron chi connectivity index (χ2n) is 1.63. The van der Waals surface area contributed by atoms with Gasteiger partial charge in [0.2, 0.25) is 0 Å². The van der Waals surface area contributed by atoms with Gasteiger partial charge in [0.15, 0.2) is 0 Å². The van der Waals surface area contributed by atoms with E-state index in [1.54, 1.807) is 0 Å². The summed E-state index contributed by atoms with van der Waals surface area (Å²) in [5, 5.41) is 7.42. The molecule has 1 radical (unpaired) electrons. The molecule has 3 heteroatoms. The van der Waals surface area contributed by atoms with Gasteiger partial charge in [-0.1, -0.05) is 0 Å². The van der Waals surface area contributed by atoms with E-state index in [1.165, 1.54) is 0 Å². The number of hydrogen-bond acceptors (Lipinski definition) is 1. The van der Waals surface area contributed by atoms with Gasteiger partial charge in [0.05, 0.1) is 0 Å². The van der Waals surface area contributed by atoms with Crippen LogP contribution in [-0.4, -0.2) is 30.8 Å². The van der Waals surface area contributed by atoms with E-state index in [4.69, 9.17) is 9.90 Å². The first-order valence-electron chi connectivity index (χ1n) is 3.02. The van der Waals surface area contributed by atoms with E-state index in [0.29, 0.717) is 0 Å². The van der Waals surface area contributed by atoms with Crippen molar-refractivity contribution in [2.45, 2.75) is 6.92 Å². The number of hydrogen-bond donors (Lipinski definition) is 1. The zero-order valence-electron chi connectivity index (χ0n) is 6.71. The molecule has 61 valence electrons. The Balaban J connectivity index is 0. The minimum atomic E-state index is -1.36. The van der Waals surface area contributed by atoms with Crippen LogP contribution in [-0.2, 0) is 4.79 Å². The molecule has 1 N–H and O–H groups in total. The van der Waals surface area contributed by atoms with Crippen LogP contribution >= 0.6 is 0 Å². The summed E-state index contributed by atoms with van der Waals surface area (Å²) in [5.41, 5.74) is 0. The maximum absolute atomic E-state index is 9.00. The Morgan fingerprint density at radius 3 is 1.45 bits per heavy atom. The summed E-state index contributed by atoms with van der Waals surface area (Å²) in [6.45, 7) is 12.0. The molecule has 0 aliphatic heterocycles. The van der Waals surface area contributed by atoms with Crippen LogP contribution in [0.1, 0.15) is 6.92 Å². The molecular weight excluding hydrogens is 247 g/mol. The van der Waals surface area contributed by atoms with Gasteiger partial charge in [-0.3, -0.25) is 4.79 Å². The van der Waals surface area contributed by atoms with Gasteiger partial charge in [-0.25, -0.2) is 0 Å². The third-order valence-corrected chi connectivity index (χ3v) is 4.74. The topological polar surface area (TPSA) is 37.3 Å². The number of carboxylic acids is 1. The fraction of sp³-hybridized carbons (Fsp3) is 0.125. The van der Waals surface area contributed by atoms with Crippen LogP contribution in [0.25, 0.3) is 0 Å². The van der Waals surface area contributed by atoms with Crippen LogP contribution in [0.4, 0.5) is 0 Å². The summed E-state index contributed by atoms with van der Waals surface area (Å²) in [6, 6.07) is 0. The molecule has 0 rings (SSSR count). The summed E-state index contributed by atoms with van der Waals surface area (Å²) < 4.78 is 5.96. The van der Waals surface area contributed by atoms with E-state index in [2.05, 4.69) is 19.7 Å². The zero-order valence-corrected chi connectivity index (χ0v) is 9.56. The summed E-state index contributed by atoms with van der Waals surface area (Å²) >= 11 is -1.36. The summed E-state index contributed by atoms with van der Waals surface area (Å²) in [5.74, 6) is -0.833. The van der Waals surface area contributed by atoms with Crippen LogP contribution in [0.2, 0.25) is 0 Å². The van der Waals surface area contributed by atoms with Gasteiger partial charge in [0, 0.05) is 6.92 Å². The fourth-order valence-electron chi connectivity index (χ4n) is 0.250. The van der Waals surface area contributed by atoms with Crippen molar-refractivity contribution >= 4 is 25.7 Å². The largest absolute Gasteiger partial charge is 0.481 e. The first-order chi connectivity index (χ1) is 5.08. The first-order valence-corrected chi connectivity index (χ1v) is 7.96. The van der Waals surface area contributed by atoms with Crippen molar-refractivity contribution in [3.8, 4) is 0 Å². The van der Waals surface area contributed by atoms with Crippen molar-refractivity contribution in [1.82, 2.24) is 0 Å². The molecule has 0 bridgehead atoms. The predicted molar refractivity (Wildman–Crippen MR) is 49.7 cm³/mol. The third kappa shape index (κ3) is 17.7. The third-order valence-electron chi connectivity index (χ3n) is 0.707. The average Bonchev–Trinajstić information content (AvgIpc) is 1.90. The molecule has 0 aliphatic carbocycles. The van der Waals surface area contributed by atoms with E-state index >= 15 is 0 Å². The molecule has 0 aromatic heterocycles.